The van der Waals surface area contributed by atoms with Gasteiger partial charge >= 0.3 is 0 Å². The van der Waals surface area contributed by atoms with Gasteiger partial charge in [0.05, 0.1) is 41.0 Å². The van der Waals surface area contributed by atoms with Crippen LogP contribution in [0.25, 0.3) is 21.7 Å². The SMILES string of the molecule is CCC(C)n1cc(C(/C=C(\N)c2ccccc2O)=C(N)N)cn1.Cc1ncsc1-c1ccc(C(C)NC(=O)C2CCCN2C(=O)C(c2cc(N3CCC(CN4CCC5(CC4)CC(N4CCOC(C)C4)C5)CC3)no2)C(C)C)cc1. The average Bonchev–Trinajstić information content (AvgIpc) is 4.33. The molecule has 5 aliphatic rings. The van der Waals surface area contributed by atoms with Crippen molar-refractivity contribution < 1.29 is 24.0 Å². The Morgan fingerprint density at radius 2 is 1.70 bits per heavy atom. The third kappa shape index (κ3) is 13.5. The average molecular weight is 1100 g/mol. The molecule has 2 amide bonds. The summed E-state index contributed by atoms with van der Waals surface area (Å²) in [6, 6.07) is 17.5. The molecule has 7 heterocycles. The molecule has 5 fully saturated rings. The van der Waals surface area contributed by atoms with Crippen LogP contribution >= 0.6 is 11.3 Å². The van der Waals surface area contributed by atoms with E-state index in [9.17, 15) is 14.7 Å². The lowest BCUT2D eigenvalue weighted by molar-refractivity contribution is -0.141. The molecular formula is C61H86N12O5S. The van der Waals surface area contributed by atoms with Crippen molar-refractivity contribution in [3.05, 3.63) is 113 Å². The van der Waals surface area contributed by atoms with Crippen LogP contribution in [0.1, 0.15) is 145 Å². The minimum atomic E-state index is -0.498. The number of carbonyl (C=O) groups excluding carboxylic acids is 2. The number of nitrogens with zero attached hydrogens (tertiary/aromatic N) is 8. The van der Waals surface area contributed by atoms with Crippen LogP contribution in [0.2, 0.25) is 0 Å². The minimum absolute atomic E-state index is 0.00413. The topological polar surface area (TPSA) is 223 Å². The van der Waals surface area contributed by atoms with E-state index in [-0.39, 0.29) is 41.4 Å². The smallest absolute Gasteiger partial charge is 0.243 e. The highest BCUT2D eigenvalue weighted by atomic mass is 32.1. The number of nitrogens with one attached hydrogen (secondary N) is 1. The summed E-state index contributed by atoms with van der Waals surface area (Å²) in [7, 11) is 0. The van der Waals surface area contributed by atoms with Gasteiger partial charge in [-0.2, -0.15) is 5.10 Å². The highest BCUT2D eigenvalue weighted by molar-refractivity contribution is 7.13. The summed E-state index contributed by atoms with van der Waals surface area (Å²) < 4.78 is 13.6. The first-order chi connectivity index (χ1) is 38.0. The molecule has 79 heavy (non-hydrogen) atoms. The highest BCUT2D eigenvalue weighted by Crippen LogP contribution is 2.51. The van der Waals surface area contributed by atoms with Crippen molar-refractivity contribution in [1.82, 2.24) is 39.9 Å². The third-order valence-corrected chi connectivity index (χ3v) is 18.6. The van der Waals surface area contributed by atoms with Gasteiger partial charge in [0.2, 0.25) is 11.8 Å². The molecule has 4 saturated heterocycles. The van der Waals surface area contributed by atoms with E-state index in [1.165, 1.54) is 45.3 Å². The lowest BCUT2D eigenvalue weighted by Gasteiger charge is -2.56. The number of nitrogens with two attached hydrogens (primary N) is 3. The fourth-order valence-corrected chi connectivity index (χ4v) is 13.4. The zero-order valence-corrected chi connectivity index (χ0v) is 48.5. The summed E-state index contributed by atoms with van der Waals surface area (Å²) in [5, 5.41) is 21.9. The summed E-state index contributed by atoms with van der Waals surface area (Å²) in [5.74, 6) is 1.73. The number of aromatic nitrogens is 4. The number of phenols is 1. The molecule has 3 aromatic heterocycles. The van der Waals surface area contributed by atoms with E-state index in [1.54, 1.807) is 52.8 Å². The number of ether oxygens (including phenoxy) is 1. The van der Waals surface area contributed by atoms with Gasteiger partial charge in [-0.1, -0.05) is 62.3 Å². The number of piperidine rings is 2. The first kappa shape index (κ1) is 57.5. The van der Waals surface area contributed by atoms with Gasteiger partial charge in [0.15, 0.2) is 11.6 Å². The van der Waals surface area contributed by atoms with Crippen molar-refractivity contribution in [2.75, 3.05) is 63.9 Å². The molecule has 0 bridgehead atoms. The number of morpholine rings is 1. The van der Waals surface area contributed by atoms with Crippen molar-refractivity contribution >= 4 is 40.2 Å². The summed E-state index contributed by atoms with van der Waals surface area (Å²) in [4.78, 5) is 43.0. The van der Waals surface area contributed by atoms with Crippen molar-refractivity contribution in [1.29, 1.82) is 0 Å². The van der Waals surface area contributed by atoms with E-state index < -0.39 is 12.0 Å². The van der Waals surface area contributed by atoms with Crippen molar-refractivity contribution in [3.8, 4) is 16.2 Å². The maximum Gasteiger partial charge on any atom is 0.243 e. The van der Waals surface area contributed by atoms with Gasteiger partial charge in [0.25, 0.3) is 0 Å². The molecule has 0 radical (unpaired) electrons. The number of hydrogen-bond acceptors (Lipinski definition) is 15. The molecule has 4 aliphatic heterocycles. The van der Waals surface area contributed by atoms with Crippen LogP contribution in [0.3, 0.4) is 0 Å². The zero-order chi connectivity index (χ0) is 56.0. The van der Waals surface area contributed by atoms with E-state index in [1.807, 2.05) is 36.3 Å². The Morgan fingerprint density at radius 3 is 2.35 bits per heavy atom. The highest BCUT2D eigenvalue weighted by Gasteiger charge is 2.48. The molecule has 1 aliphatic carbocycles. The van der Waals surface area contributed by atoms with E-state index in [2.05, 4.69) is 94.1 Å². The van der Waals surface area contributed by atoms with Crippen LogP contribution in [0.15, 0.2) is 88.9 Å². The lowest BCUT2D eigenvalue weighted by atomic mass is 9.60. The van der Waals surface area contributed by atoms with Gasteiger partial charge in [0, 0.05) is 86.0 Å². The summed E-state index contributed by atoms with van der Waals surface area (Å²) in [5.41, 5.74) is 25.6. The molecule has 10 rings (SSSR count). The van der Waals surface area contributed by atoms with Gasteiger partial charge in [0.1, 0.15) is 23.5 Å². The molecule has 5 aromatic rings. The minimum Gasteiger partial charge on any atom is -0.507 e. The summed E-state index contributed by atoms with van der Waals surface area (Å²) >= 11 is 1.63. The van der Waals surface area contributed by atoms with Gasteiger partial charge in [-0.3, -0.25) is 19.2 Å². The number of amides is 2. The predicted octanol–water partition coefficient (Wildman–Crippen LogP) is 9.04. The van der Waals surface area contributed by atoms with E-state index >= 15 is 0 Å². The Bertz CT molecular complexity index is 2880. The van der Waals surface area contributed by atoms with Crippen LogP contribution in [-0.4, -0.2) is 129 Å². The predicted molar refractivity (Wildman–Crippen MR) is 314 cm³/mol. The first-order valence-corrected chi connectivity index (χ1v) is 29.8. The number of hydrogen-bond donors (Lipinski definition) is 5. The fraction of sp³-hybridized carbons (Fsp3) is 0.557. The van der Waals surface area contributed by atoms with Crippen molar-refractivity contribution in [2.45, 2.75) is 142 Å². The number of aromatic hydroxyl groups is 1. The molecule has 18 heteroatoms. The number of likely N-dealkylation sites (tertiary alicyclic amines) is 2. The largest absolute Gasteiger partial charge is 0.507 e. The number of thiazole rings is 1. The van der Waals surface area contributed by atoms with Crippen LogP contribution in [0.4, 0.5) is 5.82 Å². The molecule has 5 atom stereocenters. The van der Waals surface area contributed by atoms with Crippen LogP contribution in [-0.2, 0) is 14.3 Å². The second-order valence-corrected chi connectivity index (χ2v) is 24.4. The summed E-state index contributed by atoms with van der Waals surface area (Å²) in [6.07, 6.45) is 15.8. The number of benzene rings is 2. The van der Waals surface area contributed by atoms with E-state index in [0.717, 1.165) is 97.6 Å². The number of carbonyl (C=O) groups is 2. The molecule has 1 saturated carbocycles. The normalized spacial score (nSPS) is 21.5. The molecule has 8 N–H and O–H groups in total. The van der Waals surface area contributed by atoms with Crippen LogP contribution in [0.5, 0.6) is 5.75 Å². The van der Waals surface area contributed by atoms with E-state index in [4.69, 9.17) is 26.5 Å². The standard InChI is InChI=1S/C44H63N7O4S.C17H23N5O/c1-29(2)40(43(53)51-16-6-7-37(51)42(52)46-31(4)34-8-10-35(11-9-34)41-32(5)45-28-56-41)38-23-39(47-55-38)49-17-12-33(13-18-49)27-48-19-14-44(15-20-48)24-36(25-44)50-21-22-54-30(3)26-50;1-3-11(2)22-10-12(9-21-22)14(17(19)20)8-15(18)13-6-4-5-7-16(13)23/h8-11,23,28-31,33,36-37,40H,6-7,12-22,24-27H2,1-5H3,(H,46,52);4-11,23H,3,18-20H2,1-2H3/b;15-8-. The Labute approximate surface area is 471 Å². The molecule has 426 valence electrons. The van der Waals surface area contributed by atoms with Crippen LogP contribution in [0, 0.1) is 24.2 Å². The molecule has 2 aromatic carbocycles. The summed E-state index contributed by atoms with van der Waals surface area (Å²) in [6.45, 7) is 23.8. The molecular weight excluding hydrogens is 1010 g/mol. The zero-order valence-electron chi connectivity index (χ0n) is 47.7. The number of phenolic OH excluding ortho intramolecular Hbond substituents is 1. The Morgan fingerprint density at radius 1 is 0.962 bits per heavy atom. The van der Waals surface area contributed by atoms with Gasteiger partial charge in [-0.05, 0) is 145 Å². The Balaban J connectivity index is 0.000000276. The number of rotatable bonds is 16. The van der Waals surface area contributed by atoms with E-state index in [0.29, 0.717) is 53.0 Å². The second-order valence-electron chi connectivity index (χ2n) is 23.5. The number of allylic oxidation sites excluding steroid dienone is 2. The van der Waals surface area contributed by atoms with Crippen molar-refractivity contribution in [2.24, 2.45) is 34.5 Å². The number of para-hydroxylation sites is 1. The van der Waals surface area contributed by atoms with Crippen LogP contribution < -0.4 is 27.4 Å². The fourth-order valence-electron chi connectivity index (χ4n) is 12.6. The molecule has 5 unspecified atom stereocenters. The first-order valence-electron chi connectivity index (χ1n) is 29.0. The van der Waals surface area contributed by atoms with Gasteiger partial charge in [-0.15, -0.1) is 11.3 Å². The molecule has 1 spiro atoms. The van der Waals surface area contributed by atoms with Crippen molar-refractivity contribution in [3.63, 3.8) is 0 Å². The Kier molecular flexibility index (Phi) is 18.5. The van der Waals surface area contributed by atoms with Gasteiger partial charge < -0.3 is 51.6 Å². The monoisotopic (exact) mass is 1100 g/mol. The number of anilines is 1. The second kappa shape index (κ2) is 25.5. The quantitative estimate of drug-likeness (QED) is 0.0582. The lowest BCUT2D eigenvalue weighted by Crippen LogP contribution is -2.58. The maximum absolute atomic E-state index is 14.2. The Hall–Kier alpha value is -6.21. The maximum atomic E-state index is 14.2. The third-order valence-electron chi connectivity index (χ3n) is 17.6. The molecule has 17 nitrogen and oxygen atoms in total. The number of aryl methyl sites for hydroxylation is 1. The van der Waals surface area contributed by atoms with Gasteiger partial charge in [-0.25, -0.2) is 4.98 Å².